The van der Waals surface area contributed by atoms with Crippen molar-refractivity contribution in [1.82, 2.24) is 9.66 Å². The predicted octanol–water partition coefficient (Wildman–Crippen LogP) is 1.92. The van der Waals surface area contributed by atoms with Gasteiger partial charge in [-0.15, -0.1) is 0 Å². The average molecular weight is 255 g/mol. The predicted molar refractivity (Wildman–Crippen MR) is 71.5 cm³/mol. The lowest BCUT2D eigenvalue weighted by Gasteiger charge is -2.09. The molecule has 19 heavy (non-hydrogen) atoms. The number of nitrogen functional groups attached to an aromatic ring is 1. The molecule has 2 N–H and O–H groups in total. The number of rotatable bonds is 1. The summed E-state index contributed by atoms with van der Waals surface area (Å²) < 4.78 is 14.7. The molecule has 0 radical (unpaired) electrons. The minimum Gasteiger partial charge on any atom is -0.334 e. The van der Waals surface area contributed by atoms with E-state index in [0.29, 0.717) is 10.9 Å². The fraction of sp³-hybridized carbons (Fsp3) is 0. The Labute approximate surface area is 107 Å². The summed E-state index contributed by atoms with van der Waals surface area (Å²) in [5.74, 6) is 5.37. The Morgan fingerprint density at radius 1 is 1.05 bits per heavy atom. The van der Waals surface area contributed by atoms with Crippen LogP contribution in [0.4, 0.5) is 4.39 Å². The minimum absolute atomic E-state index is 0.113. The van der Waals surface area contributed by atoms with E-state index >= 15 is 0 Å². The van der Waals surface area contributed by atoms with E-state index in [4.69, 9.17) is 5.84 Å². The molecule has 0 spiro atoms. The Morgan fingerprint density at radius 2 is 1.74 bits per heavy atom. The maximum Gasteiger partial charge on any atom is 0.280 e. The van der Waals surface area contributed by atoms with Crippen LogP contribution in [0, 0.1) is 5.82 Å². The van der Waals surface area contributed by atoms with Gasteiger partial charge in [-0.1, -0.05) is 24.3 Å². The van der Waals surface area contributed by atoms with Gasteiger partial charge in [0.15, 0.2) is 5.82 Å². The fourth-order valence-corrected chi connectivity index (χ4v) is 1.98. The second-order valence-electron chi connectivity index (χ2n) is 4.11. The first-order chi connectivity index (χ1) is 9.18. The molecule has 3 aromatic rings. The summed E-state index contributed by atoms with van der Waals surface area (Å²) in [5.41, 5.74) is 0.296. The molecule has 4 nitrogen and oxygen atoms in total. The van der Waals surface area contributed by atoms with Crippen molar-refractivity contribution in [3.8, 4) is 11.4 Å². The van der Waals surface area contributed by atoms with Gasteiger partial charge in [-0.2, -0.15) is 0 Å². The average Bonchev–Trinajstić information content (AvgIpc) is 2.44. The highest BCUT2D eigenvalue weighted by molar-refractivity contribution is 5.79. The van der Waals surface area contributed by atoms with Gasteiger partial charge in [0.05, 0.1) is 16.5 Å². The fourth-order valence-electron chi connectivity index (χ4n) is 1.98. The second kappa shape index (κ2) is 4.20. The van der Waals surface area contributed by atoms with Crippen LogP contribution in [0.2, 0.25) is 0 Å². The number of benzene rings is 2. The molecule has 1 aromatic heterocycles. The van der Waals surface area contributed by atoms with Gasteiger partial charge in [0.2, 0.25) is 0 Å². The van der Waals surface area contributed by atoms with Gasteiger partial charge in [0, 0.05) is 0 Å². The summed E-state index contributed by atoms with van der Waals surface area (Å²) in [5, 5.41) is 0.407. The largest absolute Gasteiger partial charge is 0.334 e. The number of para-hydroxylation sites is 1. The zero-order valence-electron chi connectivity index (χ0n) is 9.88. The van der Waals surface area contributed by atoms with Crippen molar-refractivity contribution < 1.29 is 4.39 Å². The molecule has 0 amide bonds. The number of nitrogens with two attached hydrogens (primary N) is 1. The minimum atomic E-state index is -0.469. The summed E-state index contributed by atoms with van der Waals surface area (Å²) in [7, 11) is 0. The molecule has 0 atom stereocenters. The Balaban J connectivity index is 2.40. The molecular weight excluding hydrogens is 245 g/mol. The van der Waals surface area contributed by atoms with Crippen LogP contribution in [0.3, 0.4) is 0 Å². The molecule has 0 saturated carbocycles. The zero-order chi connectivity index (χ0) is 13.4. The summed E-state index contributed by atoms with van der Waals surface area (Å²) in [6.07, 6.45) is 0. The summed E-state index contributed by atoms with van der Waals surface area (Å²) >= 11 is 0. The summed E-state index contributed by atoms with van der Waals surface area (Å²) in [6.45, 7) is 0. The molecule has 0 saturated heterocycles. The van der Waals surface area contributed by atoms with Gasteiger partial charge in [-0.05, 0) is 24.3 Å². The number of nitrogens with zero attached hydrogens (tertiary/aromatic N) is 2. The summed E-state index contributed by atoms with van der Waals surface area (Å²) in [4.78, 5) is 16.4. The lowest BCUT2D eigenvalue weighted by molar-refractivity contribution is 0.628. The van der Waals surface area contributed by atoms with E-state index in [1.165, 1.54) is 12.1 Å². The van der Waals surface area contributed by atoms with E-state index in [9.17, 15) is 9.18 Å². The molecule has 5 heteroatoms. The lowest BCUT2D eigenvalue weighted by Crippen LogP contribution is -2.30. The van der Waals surface area contributed by atoms with E-state index in [1.54, 1.807) is 36.4 Å². The Morgan fingerprint density at radius 3 is 2.53 bits per heavy atom. The molecule has 0 aliphatic rings. The molecule has 1 heterocycles. The van der Waals surface area contributed by atoms with Crippen LogP contribution in [-0.2, 0) is 0 Å². The number of aromatic nitrogens is 2. The van der Waals surface area contributed by atoms with Gasteiger partial charge >= 0.3 is 0 Å². The van der Waals surface area contributed by atoms with Crippen LogP contribution in [0.25, 0.3) is 22.3 Å². The van der Waals surface area contributed by atoms with Gasteiger partial charge in [-0.25, -0.2) is 14.1 Å². The van der Waals surface area contributed by atoms with E-state index in [-0.39, 0.29) is 11.4 Å². The molecule has 0 unspecified atom stereocenters. The number of hydrogen-bond acceptors (Lipinski definition) is 3. The molecule has 94 valence electrons. The summed E-state index contributed by atoms with van der Waals surface area (Å²) in [6, 6.07) is 12.9. The van der Waals surface area contributed by atoms with Crippen molar-refractivity contribution in [3.05, 3.63) is 64.7 Å². The number of hydrogen-bond donors (Lipinski definition) is 1. The molecule has 2 aromatic carbocycles. The van der Waals surface area contributed by atoms with Crippen LogP contribution in [0.5, 0.6) is 0 Å². The normalized spacial score (nSPS) is 10.8. The van der Waals surface area contributed by atoms with Gasteiger partial charge in [-0.3, -0.25) is 4.79 Å². The van der Waals surface area contributed by atoms with E-state index in [0.717, 1.165) is 4.68 Å². The lowest BCUT2D eigenvalue weighted by atomic mass is 10.2. The smallest absolute Gasteiger partial charge is 0.280 e. The van der Waals surface area contributed by atoms with Gasteiger partial charge in [0.25, 0.3) is 5.56 Å². The Bertz CT molecular complexity index is 826. The Kier molecular flexibility index (Phi) is 2.52. The van der Waals surface area contributed by atoms with E-state index in [2.05, 4.69) is 4.98 Å². The molecule has 3 rings (SSSR count). The van der Waals surface area contributed by atoms with Crippen molar-refractivity contribution in [2.75, 3.05) is 5.84 Å². The van der Waals surface area contributed by atoms with Crippen molar-refractivity contribution in [2.24, 2.45) is 0 Å². The first kappa shape index (κ1) is 11.4. The van der Waals surface area contributed by atoms with Crippen LogP contribution < -0.4 is 11.4 Å². The van der Waals surface area contributed by atoms with Crippen LogP contribution >= 0.6 is 0 Å². The topological polar surface area (TPSA) is 60.9 Å². The number of fused-ring (bicyclic) bond motifs is 1. The van der Waals surface area contributed by atoms with Crippen LogP contribution in [0.1, 0.15) is 0 Å². The quantitative estimate of drug-likeness (QED) is 0.676. The molecule has 0 aliphatic heterocycles. The highest BCUT2D eigenvalue weighted by Gasteiger charge is 2.13. The number of halogens is 1. The standard InChI is InChI=1S/C14H10FN3O/c15-11-7-3-1-5-9(11)13-17-12-8-4-2-6-10(12)14(19)18(13)16/h1-8H,16H2. The van der Waals surface area contributed by atoms with Crippen molar-refractivity contribution >= 4 is 10.9 Å². The van der Waals surface area contributed by atoms with Gasteiger partial charge < -0.3 is 5.84 Å². The van der Waals surface area contributed by atoms with Crippen molar-refractivity contribution in [1.29, 1.82) is 0 Å². The van der Waals surface area contributed by atoms with Gasteiger partial charge in [0.1, 0.15) is 5.82 Å². The second-order valence-corrected chi connectivity index (χ2v) is 4.11. The highest BCUT2D eigenvalue weighted by atomic mass is 19.1. The molecular formula is C14H10FN3O. The first-order valence-corrected chi connectivity index (χ1v) is 5.70. The third-order valence-corrected chi connectivity index (χ3v) is 2.92. The first-order valence-electron chi connectivity index (χ1n) is 5.70. The molecule has 0 bridgehead atoms. The van der Waals surface area contributed by atoms with E-state index in [1.807, 2.05) is 0 Å². The maximum atomic E-state index is 13.8. The van der Waals surface area contributed by atoms with Crippen molar-refractivity contribution in [2.45, 2.75) is 0 Å². The monoisotopic (exact) mass is 255 g/mol. The Hall–Kier alpha value is -2.69. The molecule has 0 fully saturated rings. The highest BCUT2D eigenvalue weighted by Crippen LogP contribution is 2.20. The maximum absolute atomic E-state index is 13.8. The van der Waals surface area contributed by atoms with E-state index < -0.39 is 11.4 Å². The molecule has 0 aliphatic carbocycles. The third kappa shape index (κ3) is 1.76. The van der Waals surface area contributed by atoms with Crippen LogP contribution in [-0.4, -0.2) is 9.66 Å². The van der Waals surface area contributed by atoms with Crippen molar-refractivity contribution in [3.63, 3.8) is 0 Å². The third-order valence-electron chi connectivity index (χ3n) is 2.92. The van der Waals surface area contributed by atoms with Crippen LogP contribution in [0.15, 0.2) is 53.3 Å². The SMILES string of the molecule is Nn1c(-c2ccccc2F)nc2ccccc2c1=O. The zero-order valence-corrected chi connectivity index (χ0v) is 9.88.